The zero-order chi connectivity index (χ0) is 38.4. The SMILES string of the molecule is O=S(=O)(O)c1ccc(OS(=O)(=O)c2c(-c3cccc4ccccc34)cc(-c3cccc4ccccc34)cc2-c2cccc3ccccc23)c2c1CCCCCC2. The third kappa shape index (κ3) is 6.53. The number of hydrogen-bond acceptors (Lipinski definition) is 5. The van der Waals surface area contributed by atoms with Gasteiger partial charge in [0.15, 0.2) is 0 Å². The van der Waals surface area contributed by atoms with Crippen LogP contribution in [0.2, 0.25) is 0 Å². The Morgan fingerprint density at radius 1 is 0.446 bits per heavy atom. The summed E-state index contributed by atoms with van der Waals surface area (Å²) in [4.78, 5) is -0.195. The van der Waals surface area contributed by atoms with Crippen LogP contribution in [0.5, 0.6) is 5.75 Å². The second kappa shape index (κ2) is 14.4. The van der Waals surface area contributed by atoms with Crippen molar-refractivity contribution in [2.24, 2.45) is 0 Å². The lowest BCUT2D eigenvalue weighted by Gasteiger charge is -2.23. The first-order valence-corrected chi connectivity index (χ1v) is 21.7. The van der Waals surface area contributed by atoms with Crippen LogP contribution in [0, 0.1) is 0 Å². The molecular weight excluding hydrogens is 737 g/mol. The molecule has 0 saturated heterocycles. The van der Waals surface area contributed by atoms with Crippen molar-refractivity contribution in [2.75, 3.05) is 0 Å². The highest BCUT2D eigenvalue weighted by Crippen LogP contribution is 2.46. The van der Waals surface area contributed by atoms with E-state index in [4.69, 9.17) is 4.18 Å². The van der Waals surface area contributed by atoms with E-state index in [1.165, 1.54) is 12.1 Å². The van der Waals surface area contributed by atoms with Gasteiger partial charge in [0, 0.05) is 16.7 Å². The van der Waals surface area contributed by atoms with Gasteiger partial charge in [-0.05, 0) is 110 Å². The third-order valence-corrected chi connectivity index (χ3v) is 13.3. The average molecular weight is 775 g/mol. The maximum absolute atomic E-state index is 15.5. The summed E-state index contributed by atoms with van der Waals surface area (Å²) in [5, 5.41) is 5.78. The van der Waals surface area contributed by atoms with Crippen molar-refractivity contribution in [3.63, 3.8) is 0 Å². The molecule has 0 aromatic heterocycles. The van der Waals surface area contributed by atoms with E-state index in [2.05, 4.69) is 24.3 Å². The Balaban J connectivity index is 1.38. The van der Waals surface area contributed by atoms with Crippen LogP contribution in [0.3, 0.4) is 0 Å². The molecule has 8 aromatic rings. The van der Waals surface area contributed by atoms with Crippen molar-refractivity contribution in [2.45, 2.75) is 48.3 Å². The van der Waals surface area contributed by atoms with Gasteiger partial charge < -0.3 is 4.18 Å². The Morgan fingerprint density at radius 3 is 1.41 bits per heavy atom. The zero-order valence-electron chi connectivity index (χ0n) is 30.5. The summed E-state index contributed by atoms with van der Waals surface area (Å²) in [6, 6.07) is 48.5. The van der Waals surface area contributed by atoms with Gasteiger partial charge in [-0.1, -0.05) is 140 Å². The summed E-state index contributed by atoms with van der Waals surface area (Å²) in [7, 11) is -9.23. The van der Waals surface area contributed by atoms with Gasteiger partial charge in [-0.15, -0.1) is 0 Å². The van der Waals surface area contributed by atoms with E-state index < -0.39 is 20.2 Å². The Bertz CT molecular complexity index is 2940. The molecule has 0 spiro atoms. The van der Waals surface area contributed by atoms with Crippen molar-refractivity contribution in [1.29, 1.82) is 0 Å². The largest absolute Gasteiger partial charge is 0.379 e. The fraction of sp³-hybridized carbons (Fsp3) is 0.125. The van der Waals surface area contributed by atoms with Crippen LogP contribution in [0.25, 0.3) is 65.7 Å². The van der Waals surface area contributed by atoms with Gasteiger partial charge in [0.25, 0.3) is 10.1 Å². The summed E-state index contributed by atoms with van der Waals surface area (Å²) in [6.45, 7) is 0. The molecule has 0 unspecified atom stereocenters. The van der Waals surface area contributed by atoms with Gasteiger partial charge >= 0.3 is 10.1 Å². The first kappa shape index (κ1) is 35.9. The van der Waals surface area contributed by atoms with Crippen molar-refractivity contribution < 1.29 is 25.6 Å². The maximum Gasteiger partial charge on any atom is 0.340 e. The summed E-state index contributed by atoms with van der Waals surface area (Å²) >= 11 is 0. The minimum atomic E-state index is -4.66. The molecule has 1 aliphatic rings. The van der Waals surface area contributed by atoms with Crippen LogP contribution >= 0.6 is 0 Å². The van der Waals surface area contributed by atoms with Crippen LogP contribution in [-0.2, 0) is 33.1 Å². The number of fused-ring (bicyclic) bond motifs is 4. The second-order valence-electron chi connectivity index (χ2n) is 14.4. The summed E-state index contributed by atoms with van der Waals surface area (Å²) in [5.41, 5.74) is 5.12. The standard InChI is InChI=1S/C48H38O6S2/c49-55(50,51)47-29-28-46(42-23-3-1-2-4-24-43(42)47)54-56(52,53)48-44(40-26-12-18-33-15-6-9-21-37(33)40)30-35(39-25-11-17-32-14-5-8-20-36(32)39)31-45(48)41-27-13-19-34-16-7-10-22-38(34)41/h5-22,25-31H,1-4,23-24H2,(H,49,50,51). The normalized spacial score (nSPS) is 13.7. The van der Waals surface area contributed by atoms with E-state index in [1.54, 1.807) is 0 Å². The lowest BCUT2D eigenvalue weighted by molar-refractivity contribution is 0.475. The van der Waals surface area contributed by atoms with Crippen LogP contribution in [0.15, 0.2) is 161 Å². The lowest BCUT2D eigenvalue weighted by atomic mass is 9.88. The van der Waals surface area contributed by atoms with Gasteiger partial charge in [0.05, 0.1) is 4.90 Å². The first-order chi connectivity index (χ1) is 27.2. The Labute approximate surface area is 326 Å². The molecule has 0 bridgehead atoms. The van der Waals surface area contributed by atoms with E-state index >= 15 is 8.42 Å². The maximum atomic E-state index is 15.5. The minimum absolute atomic E-state index is 0.00708. The van der Waals surface area contributed by atoms with Crippen molar-refractivity contribution >= 4 is 52.6 Å². The van der Waals surface area contributed by atoms with E-state index in [9.17, 15) is 13.0 Å². The summed E-state index contributed by atoms with van der Waals surface area (Å²) in [5.74, 6) is 0.0696. The molecule has 8 heteroatoms. The topological polar surface area (TPSA) is 97.7 Å². The predicted molar refractivity (Wildman–Crippen MR) is 225 cm³/mol. The smallest absolute Gasteiger partial charge is 0.340 e. The van der Waals surface area contributed by atoms with E-state index in [-0.39, 0.29) is 15.5 Å². The highest BCUT2D eigenvalue weighted by Gasteiger charge is 2.32. The molecule has 56 heavy (non-hydrogen) atoms. The van der Waals surface area contributed by atoms with Gasteiger partial charge in [-0.3, -0.25) is 4.55 Å². The number of hydrogen-bond donors (Lipinski definition) is 1. The predicted octanol–water partition coefficient (Wildman–Crippen LogP) is 11.8. The molecule has 1 aliphatic carbocycles. The Morgan fingerprint density at radius 2 is 0.893 bits per heavy atom. The fourth-order valence-corrected chi connectivity index (χ4v) is 10.6. The Kier molecular flexibility index (Phi) is 9.20. The zero-order valence-corrected chi connectivity index (χ0v) is 32.1. The first-order valence-electron chi connectivity index (χ1n) is 18.9. The quantitative estimate of drug-likeness (QED) is 0.128. The highest BCUT2D eigenvalue weighted by molar-refractivity contribution is 7.87. The summed E-state index contributed by atoms with van der Waals surface area (Å²) in [6.07, 6.45) is 4.03. The molecule has 1 N–H and O–H groups in total. The van der Waals surface area contributed by atoms with Crippen LogP contribution < -0.4 is 4.18 Å². The van der Waals surface area contributed by atoms with Gasteiger partial charge in [-0.2, -0.15) is 16.8 Å². The molecule has 0 saturated carbocycles. The average Bonchev–Trinajstić information content (AvgIpc) is 3.19. The van der Waals surface area contributed by atoms with Crippen molar-refractivity contribution in [1.82, 2.24) is 0 Å². The molecular formula is C48H38O6S2. The third-order valence-electron chi connectivity index (χ3n) is 11.0. The molecule has 0 radical (unpaired) electrons. The Hall–Kier alpha value is -5.80. The van der Waals surface area contributed by atoms with Crippen LogP contribution in [0.4, 0.5) is 0 Å². The van der Waals surface area contributed by atoms with E-state index in [0.717, 1.165) is 73.8 Å². The molecule has 0 aliphatic heterocycles. The molecule has 8 aromatic carbocycles. The number of rotatable bonds is 7. The highest BCUT2D eigenvalue weighted by atomic mass is 32.2. The molecule has 0 fully saturated rings. The van der Waals surface area contributed by atoms with Crippen molar-refractivity contribution in [3.8, 4) is 39.1 Å². The van der Waals surface area contributed by atoms with Crippen LogP contribution in [-0.4, -0.2) is 21.4 Å². The van der Waals surface area contributed by atoms with Gasteiger partial charge in [0.2, 0.25) is 0 Å². The summed E-state index contributed by atoms with van der Waals surface area (Å²) < 4.78 is 72.6. The molecule has 0 heterocycles. The van der Waals surface area contributed by atoms with Crippen molar-refractivity contribution in [3.05, 3.63) is 163 Å². The van der Waals surface area contributed by atoms with E-state index in [0.29, 0.717) is 41.5 Å². The monoisotopic (exact) mass is 774 g/mol. The molecule has 0 amide bonds. The molecule has 6 nitrogen and oxygen atoms in total. The fourth-order valence-electron chi connectivity index (χ4n) is 8.49. The molecule has 9 rings (SSSR count). The lowest BCUT2D eigenvalue weighted by Crippen LogP contribution is -2.16. The van der Waals surface area contributed by atoms with Gasteiger partial charge in [0.1, 0.15) is 10.6 Å². The van der Waals surface area contributed by atoms with E-state index in [1.807, 2.05) is 115 Å². The second-order valence-corrected chi connectivity index (χ2v) is 17.3. The van der Waals surface area contributed by atoms with Crippen LogP contribution in [0.1, 0.15) is 36.8 Å². The molecule has 0 atom stereocenters. The number of benzene rings is 8. The van der Waals surface area contributed by atoms with Gasteiger partial charge in [-0.25, -0.2) is 0 Å². The minimum Gasteiger partial charge on any atom is -0.379 e. The molecule has 278 valence electrons.